The second-order valence-corrected chi connectivity index (χ2v) is 6.00. The summed E-state index contributed by atoms with van der Waals surface area (Å²) in [6.45, 7) is 2.69. The van der Waals surface area contributed by atoms with Crippen molar-refractivity contribution in [3.63, 3.8) is 0 Å². The third kappa shape index (κ3) is 2.71. The summed E-state index contributed by atoms with van der Waals surface area (Å²) in [6.07, 6.45) is 7.73. The molecule has 1 saturated carbocycles. The van der Waals surface area contributed by atoms with Crippen LogP contribution in [-0.4, -0.2) is 18.3 Å². The van der Waals surface area contributed by atoms with Gasteiger partial charge in [0.05, 0.1) is 11.7 Å². The third-order valence-corrected chi connectivity index (χ3v) is 4.48. The van der Waals surface area contributed by atoms with Gasteiger partial charge in [-0.1, -0.05) is 12.8 Å². The summed E-state index contributed by atoms with van der Waals surface area (Å²) in [5.41, 5.74) is 7.82. The second-order valence-electron chi connectivity index (χ2n) is 6.00. The van der Waals surface area contributed by atoms with Crippen molar-refractivity contribution in [1.29, 1.82) is 0 Å². The molecule has 1 spiro atoms. The summed E-state index contributed by atoms with van der Waals surface area (Å²) < 4.78 is 12.1. The van der Waals surface area contributed by atoms with Crippen LogP contribution >= 0.6 is 0 Å². The van der Waals surface area contributed by atoms with Crippen LogP contribution in [0.3, 0.4) is 0 Å². The molecule has 19 heavy (non-hydrogen) atoms. The van der Waals surface area contributed by atoms with E-state index in [1.54, 1.807) is 0 Å². The fraction of sp³-hybridized carbons (Fsp3) is 0.625. The molecule has 1 aromatic carbocycles. The molecular weight excluding hydrogens is 238 g/mol. The summed E-state index contributed by atoms with van der Waals surface area (Å²) in [7, 11) is 0. The highest BCUT2D eigenvalue weighted by Gasteiger charge is 2.42. The van der Waals surface area contributed by atoms with Crippen LogP contribution in [0.15, 0.2) is 18.2 Å². The Morgan fingerprint density at radius 2 is 2.11 bits per heavy atom. The lowest BCUT2D eigenvalue weighted by Crippen LogP contribution is -2.27. The molecule has 2 N–H and O–H groups in total. The lowest BCUT2D eigenvalue weighted by atomic mass is 9.98. The lowest BCUT2D eigenvalue weighted by molar-refractivity contribution is -0.0509. The molecule has 1 aromatic rings. The smallest absolute Gasteiger partial charge is 0.122 e. The molecule has 2 aliphatic rings. The molecule has 2 fully saturated rings. The van der Waals surface area contributed by atoms with Crippen LogP contribution in [0.2, 0.25) is 0 Å². The van der Waals surface area contributed by atoms with E-state index >= 15 is 0 Å². The van der Waals surface area contributed by atoms with Gasteiger partial charge in [0.2, 0.25) is 0 Å². The fourth-order valence-electron chi connectivity index (χ4n) is 3.42. The molecule has 1 unspecified atom stereocenters. The topological polar surface area (TPSA) is 44.5 Å². The van der Waals surface area contributed by atoms with Crippen LogP contribution < -0.4 is 10.5 Å². The van der Waals surface area contributed by atoms with E-state index in [4.69, 9.17) is 15.2 Å². The number of aryl methyl sites for hydroxylation is 1. The first-order valence-corrected chi connectivity index (χ1v) is 7.34. The van der Waals surface area contributed by atoms with Crippen molar-refractivity contribution >= 4 is 5.69 Å². The minimum absolute atomic E-state index is 0.199. The van der Waals surface area contributed by atoms with E-state index in [2.05, 4.69) is 0 Å². The zero-order valence-corrected chi connectivity index (χ0v) is 11.7. The van der Waals surface area contributed by atoms with E-state index in [9.17, 15) is 0 Å². The van der Waals surface area contributed by atoms with E-state index in [-0.39, 0.29) is 11.7 Å². The van der Waals surface area contributed by atoms with Crippen LogP contribution in [0.1, 0.15) is 44.1 Å². The van der Waals surface area contributed by atoms with E-state index in [0.717, 1.165) is 23.4 Å². The molecule has 0 aromatic heterocycles. The highest BCUT2D eigenvalue weighted by molar-refractivity contribution is 5.47. The monoisotopic (exact) mass is 261 g/mol. The summed E-state index contributed by atoms with van der Waals surface area (Å²) in [5, 5.41) is 0. The Morgan fingerprint density at radius 3 is 2.84 bits per heavy atom. The van der Waals surface area contributed by atoms with Gasteiger partial charge in [-0.3, -0.25) is 0 Å². The van der Waals surface area contributed by atoms with E-state index in [1.807, 2.05) is 25.1 Å². The van der Waals surface area contributed by atoms with Crippen LogP contribution in [0.25, 0.3) is 0 Å². The number of rotatable bonds is 3. The summed E-state index contributed by atoms with van der Waals surface area (Å²) in [5.74, 6) is 0.921. The molecule has 1 heterocycles. The zero-order chi connectivity index (χ0) is 13.3. The summed E-state index contributed by atoms with van der Waals surface area (Å²) >= 11 is 0. The van der Waals surface area contributed by atoms with E-state index in [1.165, 1.54) is 32.1 Å². The van der Waals surface area contributed by atoms with Gasteiger partial charge in [-0.2, -0.15) is 0 Å². The zero-order valence-electron chi connectivity index (χ0n) is 11.7. The molecule has 1 aliphatic heterocycles. The number of ether oxygens (including phenoxy) is 2. The Bertz CT molecular complexity index is 452. The number of hydrogen-bond donors (Lipinski definition) is 1. The Hall–Kier alpha value is -1.22. The van der Waals surface area contributed by atoms with Gasteiger partial charge in [0, 0.05) is 5.69 Å². The van der Waals surface area contributed by atoms with Crippen LogP contribution in [0, 0.1) is 6.92 Å². The molecular formula is C16H23NO2. The number of benzene rings is 1. The summed E-state index contributed by atoms with van der Waals surface area (Å²) in [6, 6.07) is 5.78. The van der Waals surface area contributed by atoms with Crippen LogP contribution in [0.4, 0.5) is 5.69 Å². The molecule has 0 bridgehead atoms. The molecule has 0 radical (unpaired) electrons. The Kier molecular flexibility index (Phi) is 3.40. The minimum Gasteiger partial charge on any atom is -0.491 e. The predicted octanol–water partition coefficient (Wildman–Crippen LogP) is 3.45. The molecule has 3 rings (SSSR count). The largest absolute Gasteiger partial charge is 0.491 e. The molecule has 1 saturated heterocycles. The van der Waals surface area contributed by atoms with Gasteiger partial charge in [0.1, 0.15) is 12.4 Å². The predicted molar refractivity (Wildman–Crippen MR) is 76.4 cm³/mol. The molecule has 1 atom stereocenters. The van der Waals surface area contributed by atoms with Gasteiger partial charge in [-0.15, -0.1) is 0 Å². The standard InChI is InChI=1S/C16H23NO2/c1-12-10-13(17)4-5-15(12)18-11-14-6-9-16(19-14)7-2-3-8-16/h4-5,10,14H,2-3,6-9,11,17H2,1H3. The normalized spacial score (nSPS) is 25.0. The molecule has 3 nitrogen and oxygen atoms in total. The van der Waals surface area contributed by atoms with Crippen LogP contribution in [-0.2, 0) is 4.74 Å². The maximum Gasteiger partial charge on any atom is 0.122 e. The first kappa shape index (κ1) is 12.8. The lowest BCUT2D eigenvalue weighted by Gasteiger charge is -2.24. The van der Waals surface area contributed by atoms with Crippen molar-refractivity contribution in [2.45, 2.75) is 57.2 Å². The van der Waals surface area contributed by atoms with Gasteiger partial charge in [0.15, 0.2) is 0 Å². The Morgan fingerprint density at radius 1 is 1.32 bits per heavy atom. The first-order chi connectivity index (χ1) is 9.17. The molecule has 0 amide bonds. The van der Waals surface area contributed by atoms with Gasteiger partial charge in [0.25, 0.3) is 0 Å². The second kappa shape index (κ2) is 5.04. The minimum atomic E-state index is 0.199. The third-order valence-electron chi connectivity index (χ3n) is 4.48. The van der Waals surface area contributed by atoms with Crippen molar-refractivity contribution in [2.24, 2.45) is 0 Å². The SMILES string of the molecule is Cc1cc(N)ccc1OCC1CCC2(CCCC2)O1. The van der Waals surface area contributed by atoms with Crippen molar-refractivity contribution in [1.82, 2.24) is 0 Å². The van der Waals surface area contributed by atoms with Crippen molar-refractivity contribution in [2.75, 3.05) is 12.3 Å². The number of hydrogen-bond acceptors (Lipinski definition) is 3. The first-order valence-electron chi connectivity index (χ1n) is 7.34. The Labute approximate surface area is 115 Å². The quantitative estimate of drug-likeness (QED) is 0.848. The van der Waals surface area contributed by atoms with Gasteiger partial charge in [-0.05, 0) is 56.4 Å². The molecule has 1 aliphatic carbocycles. The van der Waals surface area contributed by atoms with Gasteiger partial charge in [-0.25, -0.2) is 0 Å². The maximum atomic E-state index is 6.25. The van der Waals surface area contributed by atoms with E-state index < -0.39 is 0 Å². The molecule has 3 heteroatoms. The van der Waals surface area contributed by atoms with Gasteiger partial charge >= 0.3 is 0 Å². The van der Waals surface area contributed by atoms with Crippen molar-refractivity contribution in [3.05, 3.63) is 23.8 Å². The molecule has 104 valence electrons. The van der Waals surface area contributed by atoms with E-state index in [0.29, 0.717) is 6.61 Å². The van der Waals surface area contributed by atoms with Gasteiger partial charge < -0.3 is 15.2 Å². The average Bonchev–Trinajstić information content (AvgIpc) is 2.99. The van der Waals surface area contributed by atoms with Crippen LogP contribution in [0.5, 0.6) is 5.75 Å². The highest BCUT2D eigenvalue weighted by Crippen LogP contribution is 2.43. The van der Waals surface area contributed by atoms with Crippen molar-refractivity contribution < 1.29 is 9.47 Å². The number of nitrogen functional groups attached to an aromatic ring is 1. The summed E-state index contributed by atoms with van der Waals surface area (Å²) in [4.78, 5) is 0. The number of anilines is 1. The maximum absolute atomic E-state index is 6.25. The average molecular weight is 261 g/mol. The highest BCUT2D eigenvalue weighted by atomic mass is 16.6. The number of nitrogens with two attached hydrogens (primary N) is 1. The van der Waals surface area contributed by atoms with Crippen molar-refractivity contribution in [3.8, 4) is 5.75 Å². The fourth-order valence-corrected chi connectivity index (χ4v) is 3.42. The Balaban J connectivity index is 1.55.